The summed E-state index contributed by atoms with van der Waals surface area (Å²) < 4.78 is 60.7. The van der Waals surface area contributed by atoms with E-state index in [0.29, 0.717) is 33.6 Å². The van der Waals surface area contributed by atoms with Crippen molar-refractivity contribution >= 4 is 39.8 Å². The summed E-state index contributed by atoms with van der Waals surface area (Å²) >= 11 is 0.195. The molecule has 0 aromatic heterocycles. The summed E-state index contributed by atoms with van der Waals surface area (Å²) in [5.41, 5.74) is 0.238. The maximum absolute atomic E-state index is 13.0. The molecule has 1 amide bonds. The zero-order chi connectivity index (χ0) is 25.9. The Morgan fingerprint density at radius 3 is 2.36 bits per heavy atom. The minimum absolute atomic E-state index is 0.195. The molecule has 0 fully saturated rings. The van der Waals surface area contributed by atoms with Gasteiger partial charge >= 0.3 is 6.18 Å². The number of ether oxygens (including phenoxy) is 4. The molecule has 1 N–H and O–H groups in total. The number of carbonyl (C=O) groups is 1. The molecule has 13 heteroatoms. The summed E-state index contributed by atoms with van der Waals surface area (Å²) in [6, 6.07) is 11.9. The molecular weight excluding hydrogens is 501 g/mol. The maximum Gasteiger partial charge on any atom is 0.441 e. The molecule has 0 saturated heterocycles. The minimum Gasteiger partial charge on any atom is -0.497 e. The van der Waals surface area contributed by atoms with Crippen molar-refractivity contribution in [1.29, 1.82) is 5.41 Å². The van der Waals surface area contributed by atoms with Crippen LogP contribution in [0.2, 0.25) is 0 Å². The Balaban J connectivity index is 1.43. The molecule has 0 aliphatic carbocycles. The number of thioether (sulfide) groups is 1. The number of nitrogens with one attached hydrogen (secondary N) is 1. The number of hydrogen-bond acceptors (Lipinski definition) is 8. The summed E-state index contributed by atoms with van der Waals surface area (Å²) in [4.78, 5) is 16.1. The van der Waals surface area contributed by atoms with Gasteiger partial charge in [-0.3, -0.25) is 10.2 Å². The number of halogens is 3. The quantitative estimate of drug-likeness (QED) is 0.408. The van der Waals surface area contributed by atoms with Crippen LogP contribution in [0.5, 0.6) is 23.0 Å². The fraction of sp³-hybridized carbons (Fsp3) is 0.217. The lowest BCUT2D eigenvalue weighted by molar-refractivity contribution is -0.114. The Morgan fingerprint density at radius 1 is 1.00 bits per heavy atom. The van der Waals surface area contributed by atoms with Crippen LogP contribution in [0.25, 0.3) is 6.08 Å². The van der Waals surface area contributed by atoms with Gasteiger partial charge in [0.15, 0.2) is 17.3 Å². The number of carbonyl (C=O) groups excluding carboxylic acids is 1. The van der Waals surface area contributed by atoms with E-state index < -0.39 is 23.0 Å². The molecule has 4 rings (SSSR count). The van der Waals surface area contributed by atoms with Crippen LogP contribution in [-0.2, 0) is 4.79 Å². The second-order valence-electron chi connectivity index (χ2n) is 7.21. The highest BCUT2D eigenvalue weighted by atomic mass is 32.2. The number of amides is 1. The minimum atomic E-state index is -4.71. The van der Waals surface area contributed by atoms with E-state index in [2.05, 4.69) is 10.1 Å². The van der Waals surface area contributed by atoms with Crippen LogP contribution in [0, 0.1) is 5.41 Å². The van der Waals surface area contributed by atoms with Crippen molar-refractivity contribution < 1.29 is 36.9 Å². The molecule has 0 saturated carbocycles. The topological polar surface area (TPSA) is 106 Å². The number of alkyl halides is 3. The highest BCUT2D eigenvalue weighted by Crippen LogP contribution is 2.36. The average Bonchev–Trinajstić information content (AvgIpc) is 3.30. The van der Waals surface area contributed by atoms with Gasteiger partial charge in [0.2, 0.25) is 10.2 Å². The van der Waals surface area contributed by atoms with Crippen molar-refractivity contribution in [3.8, 4) is 23.0 Å². The van der Waals surface area contributed by atoms with E-state index in [1.54, 1.807) is 49.6 Å². The molecule has 0 bridgehead atoms. The molecule has 2 heterocycles. The summed E-state index contributed by atoms with van der Waals surface area (Å²) in [5, 5.41) is 10.8. The first kappa shape index (κ1) is 25.1. The van der Waals surface area contributed by atoms with Gasteiger partial charge < -0.3 is 18.9 Å². The lowest BCUT2D eigenvalue weighted by Crippen LogP contribution is -2.35. The van der Waals surface area contributed by atoms with Gasteiger partial charge in [0.25, 0.3) is 5.91 Å². The number of benzene rings is 2. The average molecular weight is 520 g/mol. The SMILES string of the molecule is COc1ccc(OCCOc2ccc(C=C3C(=N)N4N=C(C(F)(F)F)SC4=NC3=O)cc2OC)cc1. The van der Waals surface area contributed by atoms with E-state index in [1.807, 2.05) is 0 Å². The molecule has 188 valence electrons. The van der Waals surface area contributed by atoms with E-state index in [0.717, 1.165) is 0 Å². The van der Waals surface area contributed by atoms with Gasteiger partial charge in [-0.1, -0.05) is 6.07 Å². The first-order chi connectivity index (χ1) is 17.2. The largest absolute Gasteiger partial charge is 0.497 e. The third-order valence-electron chi connectivity index (χ3n) is 4.86. The van der Waals surface area contributed by atoms with Gasteiger partial charge in [0.1, 0.15) is 24.7 Å². The molecular formula is C23H19F3N4O5S. The number of fused-ring (bicyclic) bond motifs is 1. The van der Waals surface area contributed by atoms with E-state index in [1.165, 1.54) is 13.2 Å². The Bertz CT molecular complexity index is 1280. The van der Waals surface area contributed by atoms with Crippen LogP contribution >= 0.6 is 11.8 Å². The van der Waals surface area contributed by atoms with Crippen molar-refractivity contribution in [2.24, 2.45) is 10.1 Å². The Labute approximate surface area is 207 Å². The number of hydrazone groups is 1. The van der Waals surface area contributed by atoms with E-state index >= 15 is 0 Å². The molecule has 0 radical (unpaired) electrons. The number of rotatable bonds is 8. The molecule has 2 aliphatic heterocycles. The van der Waals surface area contributed by atoms with Crippen LogP contribution in [0.15, 0.2) is 58.1 Å². The predicted octanol–water partition coefficient (Wildman–Crippen LogP) is 4.34. The maximum atomic E-state index is 13.0. The van der Waals surface area contributed by atoms with Crippen LogP contribution in [0.1, 0.15) is 5.56 Å². The monoisotopic (exact) mass is 520 g/mol. The van der Waals surface area contributed by atoms with E-state index in [9.17, 15) is 18.0 Å². The summed E-state index contributed by atoms with van der Waals surface area (Å²) in [7, 11) is 3.01. The molecule has 0 unspecified atom stereocenters. The smallest absolute Gasteiger partial charge is 0.441 e. The van der Waals surface area contributed by atoms with Gasteiger partial charge in [-0.2, -0.15) is 28.3 Å². The third kappa shape index (κ3) is 5.46. The number of amidine groups is 2. The lowest BCUT2D eigenvalue weighted by Gasteiger charge is -2.20. The van der Waals surface area contributed by atoms with Crippen LogP contribution in [0.4, 0.5) is 13.2 Å². The van der Waals surface area contributed by atoms with Crippen molar-refractivity contribution in [3.05, 3.63) is 53.6 Å². The van der Waals surface area contributed by atoms with Gasteiger partial charge in [-0.25, -0.2) is 0 Å². The van der Waals surface area contributed by atoms with Gasteiger partial charge in [-0.05, 0) is 59.8 Å². The number of methoxy groups -OCH3 is 2. The first-order valence-electron chi connectivity index (χ1n) is 10.3. The molecule has 9 nitrogen and oxygen atoms in total. The molecule has 2 aliphatic rings. The van der Waals surface area contributed by atoms with Crippen LogP contribution in [-0.4, -0.2) is 60.6 Å². The zero-order valence-electron chi connectivity index (χ0n) is 19.0. The molecule has 2 aromatic rings. The van der Waals surface area contributed by atoms with Gasteiger partial charge in [0.05, 0.1) is 19.8 Å². The van der Waals surface area contributed by atoms with Crippen LogP contribution < -0.4 is 18.9 Å². The second kappa shape index (κ2) is 10.3. The van der Waals surface area contributed by atoms with Crippen molar-refractivity contribution in [2.45, 2.75) is 6.18 Å². The van der Waals surface area contributed by atoms with Crippen molar-refractivity contribution in [1.82, 2.24) is 5.01 Å². The van der Waals surface area contributed by atoms with Crippen molar-refractivity contribution in [3.63, 3.8) is 0 Å². The summed E-state index contributed by atoms with van der Waals surface area (Å²) in [6.45, 7) is 0.483. The fourth-order valence-corrected chi connectivity index (χ4v) is 3.91. The standard InChI is InChI=1S/C23H19F3N4O5S/c1-32-14-4-6-15(7-5-14)34-9-10-35-17-8-3-13(12-18(17)33-2)11-16-19(27)30-22(28-20(16)31)36-21(29-30)23(24,25)26/h3-8,11-12,27H,9-10H2,1-2H3. The molecule has 2 aromatic carbocycles. The molecule has 0 atom stereocenters. The van der Waals surface area contributed by atoms with Crippen LogP contribution in [0.3, 0.4) is 0 Å². The van der Waals surface area contributed by atoms with Crippen molar-refractivity contribution in [2.75, 3.05) is 27.4 Å². The Kier molecular flexibility index (Phi) is 7.20. The third-order valence-corrected chi connectivity index (χ3v) is 5.82. The number of hydrogen-bond donors (Lipinski definition) is 1. The van der Waals surface area contributed by atoms with E-state index in [-0.39, 0.29) is 35.7 Å². The Morgan fingerprint density at radius 2 is 1.69 bits per heavy atom. The fourth-order valence-electron chi connectivity index (χ4n) is 3.15. The predicted molar refractivity (Wildman–Crippen MR) is 128 cm³/mol. The highest BCUT2D eigenvalue weighted by molar-refractivity contribution is 8.27. The lowest BCUT2D eigenvalue weighted by atomic mass is 10.1. The highest BCUT2D eigenvalue weighted by Gasteiger charge is 2.46. The normalized spacial score (nSPS) is 16.5. The van der Waals surface area contributed by atoms with E-state index in [4.69, 9.17) is 24.4 Å². The Hall–Kier alpha value is -4.00. The van der Waals surface area contributed by atoms with Gasteiger partial charge in [0, 0.05) is 0 Å². The first-order valence-corrected chi connectivity index (χ1v) is 11.2. The molecule has 0 spiro atoms. The zero-order valence-corrected chi connectivity index (χ0v) is 19.8. The molecule has 36 heavy (non-hydrogen) atoms. The summed E-state index contributed by atoms with van der Waals surface area (Å²) in [5.74, 6) is 0.787. The van der Waals surface area contributed by atoms with Gasteiger partial charge in [-0.15, -0.1) is 0 Å². The second-order valence-corrected chi connectivity index (χ2v) is 8.16. The number of nitrogens with zero attached hydrogens (tertiary/aromatic N) is 3. The summed E-state index contributed by atoms with van der Waals surface area (Å²) in [6.07, 6.45) is -3.38. The number of aliphatic imine (C=N–C) groups is 1.